The third-order valence-electron chi connectivity index (χ3n) is 5.76. The second-order valence-corrected chi connectivity index (χ2v) is 8.65. The zero-order valence-corrected chi connectivity index (χ0v) is 16.8. The van der Waals surface area contributed by atoms with Gasteiger partial charge >= 0.3 is 0 Å². The number of aromatic hydroxyl groups is 1. The monoisotopic (exact) mass is 406 g/mol. The van der Waals surface area contributed by atoms with Crippen molar-refractivity contribution in [1.82, 2.24) is 0 Å². The summed E-state index contributed by atoms with van der Waals surface area (Å²) in [6, 6.07) is 12.4. The molecule has 1 N–H and O–H groups in total. The van der Waals surface area contributed by atoms with Crippen LogP contribution < -0.4 is 4.90 Å². The normalized spacial score (nSPS) is 20.9. The van der Waals surface area contributed by atoms with Crippen LogP contribution in [0.15, 0.2) is 59.8 Å². The molecule has 0 fully saturated rings. The summed E-state index contributed by atoms with van der Waals surface area (Å²) in [7, 11) is 0. The predicted octanol–water partition coefficient (Wildman–Crippen LogP) is 4.46. The highest BCUT2D eigenvalue weighted by Gasteiger charge is 2.44. The van der Waals surface area contributed by atoms with Crippen LogP contribution in [0.4, 0.5) is 11.4 Å². The summed E-state index contributed by atoms with van der Waals surface area (Å²) >= 11 is 0. The largest absolute Gasteiger partial charge is 0.508 e. The Morgan fingerprint density at radius 1 is 1.03 bits per heavy atom. The third kappa shape index (κ3) is 3.47. The molecule has 0 radical (unpaired) electrons. The number of ketones is 1. The first-order chi connectivity index (χ1) is 14.2. The molecule has 30 heavy (non-hydrogen) atoms. The zero-order valence-electron chi connectivity index (χ0n) is 16.8. The number of nitrogens with zero attached hydrogens (tertiary/aromatic N) is 2. The van der Waals surface area contributed by atoms with Gasteiger partial charge in [-0.25, -0.2) is 0 Å². The van der Waals surface area contributed by atoms with Crippen LogP contribution in [0, 0.1) is 15.5 Å². The molecule has 0 spiro atoms. The summed E-state index contributed by atoms with van der Waals surface area (Å²) in [6.07, 6.45) is 1.04. The van der Waals surface area contributed by atoms with Crippen molar-refractivity contribution in [3.05, 3.63) is 75.5 Å². The summed E-state index contributed by atoms with van der Waals surface area (Å²) < 4.78 is 0. The van der Waals surface area contributed by atoms with Gasteiger partial charge in [-0.15, -0.1) is 0 Å². The lowest BCUT2D eigenvalue weighted by molar-refractivity contribution is -0.384. The molecule has 7 heteroatoms. The number of rotatable bonds is 3. The second-order valence-electron chi connectivity index (χ2n) is 8.65. The Hall–Kier alpha value is -3.48. The number of allylic oxidation sites excluding steroid dienone is 2. The van der Waals surface area contributed by atoms with E-state index in [0.717, 1.165) is 5.56 Å². The lowest BCUT2D eigenvalue weighted by Gasteiger charge is -2.43. The fraction of sp³-hybridized carbons (Fsp3) is 0.304. The van der Waals surface area contributed by atoms with E-state index in [1.54, 1.807) is 29.2 Å². The zero-order chi connectivity index (χ0) is 21.6. The van der Waals surface area contributed by atoms with E-state index in [1.165, 1.54) is 24.3 Å². The van der Waals surface area contributed by atoms with Crippen molar-refractivity contribution in [3.63, 3.8) is 0 Å². The Morgan fingerprint density at radius 2 is 1.67 bits per heavy atom. The minimum atomic E-state index is -0.471. The molecule has 2 aromatic rings. The summed E-state index contributed by atoms with van der Waals surface area (Å²) in [5.41, 5.74) is 2.30. The maximum absolute atomic E-state index is 13.2. The molecule has 0 saturated heterocycles. The van der Waals surface area contributed by atoms with Crippen LogP contribution in [0.2, 0.25) is 0 Å². The van der Waals surface area contributed by atoms with Crippen molar-refractivity contribution in [2.75, 3.05) is 4.90 Å². The van der Waals surface area contributed by atoms with Gasteiger partial charge in [-0.1, -0.05) is 26.0 Å². The number of hydrogen-bond donors (Lipinski definition) is 1. The van der Waals surface area contributed by atoms with Crippen molar-refractivity contribution in [1.29, 1.82) is 0 Å². The molecular weight excluding hydrogens is 384 g/mol. The fourth-order valence-corrected chi connectivity index (χ4v) is 4.43. The van der Waals surface area contributed by atoms with Crippen molar-refractivity contribution in [2.24, 2.45) is 5.41 Å². The molecule has 2 aliphatic rings. The van der Waals surface area contributed by atoms with Crippen LogP contribution >= 0.6 is 0 Å². The van der Waals surface area contributed by atoms with Crippen LogP contribution in [-0.2, 0) is 9.59 Å². The summed E-state index contributed by atoms with van der Waals surface area (Å²) in [4.78, 5) is 38.5. The first-order valence-corrected chi connectivity index (χ1v) is 9.79. The molecule has 0 saturated carbocycles. The van der Waals surface area contributed by atoms with Crippen molar-refractivity contribution >= 4 is 23.1 Å². The molecule has 1 aliphatic carbocycles. The van der Waals surface area contributed by atoms with E-state index in [-0.39, 0.29) is 35.0 Å². The lowest BCUT2D eigenvalue weighted by Crippen LogP contribution is -2.43. The van der Waals surface area contributed by atoms with Gasteiger partial charge in [0.15, 0.2) is 5.78 Å². The lowest BCUT2D eigenvalue weighted by atomic mass is 9.69. The van der Waals surface area contributed by atoms with Gasteiger partial charge in [0.05, 0.1) is 4.92 Å². The second kappa shape index (κ2) is 7.09. The van der Waals surface area contributed by atoms with E-state index < -0.39 is 10.8 Å². The van der Waals surface area contributed by atoms with Gasteiger partial charge in [-0.05, 0) is 41.7 Å². The van der Waals surface area contributed by atoms with E-state index in [4.69, 9.17) is 0 Å². The van der Waals surface area contributed by atoms with Crippen LogP contribution in [0.3, 0.4) is 0 Å². The van der Waals surface area contributed by atoms with Gasteiger partial charge in [0.2, 0.25) is 5.91 Å². The molecule has 0 bridgehead atoms. The number of amides is 1. The van der Waals surface area contributed by atoms with Gasteiger partial charge in [-0.2, -0.15) is 0 Å². The molecule has 0 unspecified atom stereocenters. The Bertz CT molecular complexity index is 1070. The van der Waals surface area contributed by atoms with Crippen LogP contribution in [-0.4, -0.2) is 21.7 Å². The van der Waals surface area contributed by atoms with E-state index in [9.17, 15) is 24.8 Å². The molecule has 1 amide bonds. The first-order valence-electron chi connectivity index (χ1n) is 9.79. The molecule has 0 aromatic heterocycles. The summed E-state index contributed by atoms with van der Waals surface area (Å²) in [5.74, 6) is -0.472. The standard InChI is InChI=1S/C23H22N2O5/c1-23(2)12-19-22(20(27)13-23)18(14-3-5-16(6-4-14)25(29)30)11-21(28)24(19)15-7-9-17(26)10-8-15/h3-10,18,26H,11-13H2,1-2H3/t18-/m1/s1. The maximum atomic E-state index is 13.2. The average Bonchev–Trinajstić information content (AvgIpc) is 2.67. The molecule has 1 heterocycles. The minimum Gasteiger partial charge on any atom is -0.508 e. The maximum Gasteiger partial charge on any atom is 0.269 e. The molecule has 2 aromatic carbocycles. The smallest absolute Gasteiger partial charge is 0.269 e. The molecule has 1 aliphatic heterocycles. The SMILES string of the molecule is CC1(C)CC(=O)C2=C(C1)N(c1ccc(O)cc1)C(=O)C[C@@H]2c1ccc([N+](=O)[O-])cc1. The number of nitro benzene ring substituents is 1. The van der Waals surface area contributed by atoms with E-state index in [1.807, 2.05) is 13.8 Å². The average molecular weight is 406 g/mol. The molecule has 154 valence electrons. The number of carbonyl (C=O) groups excluding carboxylic acids is 2. The van der Waals surface area contributed by atoms with Gasteiger partial charge in [-0.3, -0.25) is 24.6 Å². The van der Waals surface area contributed by atoms with E-state index in [0.29, 0.717) is 29.8 Å². The number of carbonyl (C=O) groups is 2. The first kappa shape index (κ1) is 19.8. The number of non-ortho nitro benzene ring substituents is 1. The predicted molar refractivity (Wildman–Crippen MR) is 111 cm³/mol. The number of anilines is 1. The number of hydrogen-bond acceptors (Lipinski definition) is 5. The molecule has 4 rings (SSSR count). The summed E-state index contributed by atoms with van der Waals surface area (Å²) in [5, 5.41) is 20.6. The number of phenols is 1. The fourth-order valence-electron chi connectivity index (χ4n) is 4.43. The third-order valence-corrected chi connectivity index (χ3v) is 5.76. The molecule has 7 nitrogen and oxygen atoms in total. The quantitative estimate of drug-likeness (QED) is 0.599. The Kier molecular flexibility index (Phi) is 4.68. The molecular formula is C23H22N2O5. The number of benzene rings is 2. The van der Waals surface area contributed by atoms with E-state index in [2.05, 4.69) is 0 Å². The molecule has 1 atom stereocenters. The van der Waals surface area contributed by atoms with Crippen molar-refractivity contribution < 1.29 is 19.6 Å². The Balaban J connectivity index is 1.85. The Labute approximate surface area is 173 Å². The van der Waals surface area contributed by atoms with Gasteiger partial charge in [0, 0.05) is 47.8 Å². The summed E-state index contributed by atoms with van der Waals surface area (Å²) in [6.45, 7) is 4.01. The van der Waals surface area contributed by atoms with Crippen LogP contribution in [0.1, 0.15) is 44.6 Å². The van der Waals surface area contributed by atoms with Crippen molar-refractivity contribution in [3.8, 4) is 5.75 Å². The van der Waals surface area contributed by atoms with Gasteiger partial charge < -0.3 is 5.11 Å². The van der Waals surface area contributed by atoms with Crippen LogP contribution in [0.25, 0.3) is 0 Å². The minimum absolute atomic E-state index is 0.000816. The van der Waals surface area contributed by atoms with Gasteiger partial charge in [0.25, 0.3) is 5.69 Å². The van der Waals surface area contributed by atoms with Crippen LogP contribution in [0.5, 0.6) is 5.75 Å². The van der Waals surface area contributed by atoms with E-state index >= 15 is 0 Å². The highest BCUT2D eigenvalue weighted by atomic mass is 16.6. The van der Waals surface area contributed by atoms with Crippen molar-refractivity contribution in [2.45, 2.75) is 39.0 Å². The Morgan fingerprint density at radius 3 is 2.27 bits per heavy atom. The van der Waals surface area contributed by atoms with Gasteiger partial charge in [0.1, 0.15) is 5.75 Å². The highest BCUT2D eigenvalue weighted by Crippen LogP contribution is 2.48. The number of phenolic OH excluding ortho intramolecular Hbond substituents is 1. The number of nitro groups is 1. The number of Topliss-reactive ketones (excluding diaryl/α,β-unsaturated/α-hetero) is 1. The highest BCUT2D eigenvalue weighted by molar-refractivity contribution is 6.07. The topological polar surface area (TPSA) is 101 Å².